The fourth-order valence-electron chi connectivity index (χ4n) is 2.79. The van der Waals surface area contributed by atoms with E-state index in [1.165, 1.54) is 47.3 Å². The third kappa shape index (κ3) is 3.16. The van der Waals surface area contributed by atoms with Crippen molar-refractivity contribution in [1.82, 2.24) is 14.3 Å². The van der Waals surface area contributed by atoms with E-state index in [1.807, 2.05) is 0 Å². The predicted molar refractivity (Wildman–Crippen MR) is 97.2 cm³/mol. The highest BCUT2D eigenvalue weighted by atomic mass is 19.2. The highest BCUT2D eigenvalue weighted by Gasteiger charge is 2.21. The smallest absolute Gasteiger partial charge is 0.261 e. The summed E-state index contributed by atoms with van der Waals surface area (Å²) in [6.07, 6.45) is 4.72. The molecule has 0 spiro atoms. The van der Waals surface area contributed by atoms with Crippen LogP contribution in [0.25, 0.3) is 11.5 Å². The minimum Gasteiger partial charge on any atom is -0.319 e. The van der Waals surface area contributed by atoms with Crippen molar-refractivity contribution in [2.45, 2.75) is 0 Å². The minimum absolute atomic E-state index is 0.129. The maximum absolute atomic E-state index is 13.9. The van der Waals surface area contributed by atoms with Gasteiger partial charge in [-0.25, -0.2) is 17.9 Å². The van der Waals surface area contributed by atoms with Gasteiger partial charge in [-0.1, -0.05) is 6.07 Å². The number of halogens is 3. The van der Waals surface area contributed by atoms with E-state index in [4.69, 9.17) is 0 Å². The molecule has 0 radical (unpaired) electrons. The molecule has 0 saturated carbocycles. The van der Waals surface area contributed by atoms with Gasteiger partial charge in [0.15, 0.2) is 17.5 Å². The normalized spacial score (nSPS) is 10.8. The molecule has 2 aromatic heterocycles. The van der Waals surface area contributed by atoms with E-state index in [0.29, 0.717) is 11.5 Å². The Morgan fingerprint density at radius 1 is 0.929 bits per heavy atom. The number of amides is 1. The van der Waals surface area contributed by atoms with E-state index >= 15 is 0 Å². The molecule has 8 heteroatoms. The van der Waals surface area contributed by atoms with Crippen LogP contribution in [0.4, 0.5) is 18.9 Å². The van der Waals surface area contributed by atoms with Crippen LogP contribution in [0, 0.1) is 17.5 Å². The third-order valence-electron chi connectivity index (χ3n) is 4.11. The van der Waals surface area contributed by atoms with Gasteiger partial charge in [0.1, 0.15) is 11.4 Å². The topological polar surface area (TPSA) is 51.9 Å². The molecule has 0 aliphatic rings. The second-order valence-electron chi connectivity index (χ2n) is 5.92. The van der Waals surface area contributed by atoms with Gasteiger partial charge in [-0.15, -0.1) is 0 Å². The first-order chi connectivity index (χ1) is 13.5. The van der Waals surface area contributed by atoms with Crippen LogP contribution in [0.15, 0.2) is 73.2 Å². The molecular formula is C20H13F3N4O. The second-order valence-corrected chi connectivity index (χ2v) is 5.92. The van der Waals surface area contributed by atoms with Crippen LogP contribution >= 0.6 is 0 Å². The van der Waals surface area contributed by atoms with Crippen molar-refractivity contribution in [3.63, 3.8) is 0 Å². The number of nitrogens with one attached hydrogen (secondary N) is 1. The molecule has 4 rings (SSSR count). The predicted octanol–water partition coefficient (Wildman–Crippen LogP) is 4.33. The Labute approximate surface area is 157 Å². The van der Waals surface area contributed by atoms with Crippen LogP contribution in [0.5, 0.6) is 0 Å². The molecule has 2 aromatic carbocycles. The summed E-state index contributed by atoms with van der Waals surface area (Å²) in [5, 5.41) is 6.58. The Hall–Kier alpha value is -3.81. The lowest BCUT2D eigenvalue weighted by Crippen LogP contribution is -2.16. The second kappa shape index (κ2) is 7.07. The van der Waals surface area contributed by atoms with Gasteiger partial charge in [0.2, 0.25) is 0 Å². The molecule has 1 amide bonds. The summed E-state index contributed by atoms with van der Waals surface area (Å²) in [5.74, 6) is -2.92. The quantitative estimate of drug-likeness (QED) is 0.571. The van der Waals surface area contributed by atoms with Crippen LogP contribution in [-0.2, 0) is 0 Å². The van der Waals surface area contributed by atoms with Gasteiger partial charge in [-0.05, 0) is 48.5 Å². The lowest BCUT2D eigenvalue weighted by atomic mass is 10.2. The number of hydrogen-bond donors (Lipinski definition) is 1. The van der Waals surface area contributed by atoms with E-state index in [9.17, 15) is 18.0 Å². The van der Waals surface area contributed by atoms with Crippen molar-refractivity contribution < 1.29 is 18.0 Å². The molecule has 0 fully saturated rings. The van der Waals surface area contributed by atoms with E-state index in [0.717, 1.165) is 6.07 Å². The average Bonchev–Trinajstić information content (AvgIpc) is 3.35. The molecule has 5 nitrogen and oxygen atoms in total. The zero-order valence-electron chi connectivity index (χ0n) is 14.3. The largest absolute Gasteiger partial charge is 0.319 e. The van der Waals surface area contributed by atoms with Crippen LogP contribution < -0.4 is 5.32 Å². The van der Waals surface area contributed by atoms with Gasteiger partial charge >= 0.3 is 0 Å². The molecule has 1 N–H and O–H groups in total. The Morgan fingerprint density at radius 3 is 2.36 bits per heavy atom. The summed E-state index contributed by atoms with van der Waals surface area (Å²) < 4.78 is 43.7. The van der Waals surface area contributed by atoms with Gasteiger partial charge in [-0.3, -0.25) is 4.79 Å². The Morgan fingerprint density at radius 2 is 1.64 bits per heavy atom. The number of benzene rings is 2. The highest BCUT2D eigenvalue weighted by Crippen LogP contribution is 2.23. The fourth-order valence-corrected chi connectivity index (χ4v) is 2.79. The van der Waals surface area contributed by atoms with E-state index in [2.05, 4.69) is 10.4 Å². The first-order valence-electron chi connectivity index (χ1n) is 8.27. The monoisotopic (exact) mass is 382 g/mol. The molecular weight excluding hydrogens is 369 g/mol. The molecule has 140 valence electrons. The molecule has 2 heterocycles. The van der Waals surface area contributed by atoms with Crippen molar-refractivity contribution in [1.29, 1.82) is 0 Å². The van der Waals surface area contributed by atoms with Crippen molar-refractivity contribution in [2.24, 2.45) is 0 Å². The fraction of sp³-hybridized carbons (Fsp3) is 0. The molecule has 0 aliphatic heterocycles. The maximum Gasteiger partial charge on any atom is 0.261 e. The number of nitrogens with zero attached hydrogens (tertiary/aromatic N) is 3. The first kappa shape index (κ1) is 17.6. The molecule has 28 heavy (non-hydrogen) atoms. The van der Waals surface area contributed by atoms with Crippen LogP contribution in [0.1, 0.15) is 10.4 Å². The molecule has 0 bridgehead atoms. The molecule has 4 aromatic rings. The number of rotatable bonds is 4. The lowest BCUT2D eigenvalue weighted by molar-refractivity contribution is 0.102. The highest BCUT2D eigenvalue weighted by molar-refractivity contribution is 6.06. The molecule has 0 aliphatic carbocycles. The lowest BCUT2D eigenvalue weighted by Gasteiger charge is -2.11. The SMILES string of the molecule is O=C(Nc1cccc(F)c1F)c1cnn(-c2ccc(F)cc2)c1-n1cccc1. The Bertz CT molecular complexity index is 1130. The van der Waals surface area contributed by atoms with Gasteiger partial charge < -0.3 is 9.88 Å². The van der Waals surface area contributed by atoms with Crippen LogP contribution in [0.3, 0.4) is 0 Å². The zero-order valence-corrected chi connectivity index (χ0v) is 14.3. The van der Waals surface area contributed by atoms with Crippen molar-refractivity contribution >= 4 is 11.6 Å². The number of anilines is 1. The standard InChI is InChI=1S/C20H13F3N4O/c21-13-6-8-14(9-7-13)27-20(26-10-1-2-11-26)15(12-24-27)19(28)25-17-5-3-4-16(22)18(17)23/h1-12H,(H,25,28). The number of aromatic nitrogens is 3. The summed E-state index contributed by atoms with van der Waals surface area (Å²) in [6.45, 7) is 0. The number of carbonyl (C=O) groups is 1. The molecule has 0 unspecified atom stereocenters. The van der Waals surface area contributed by atoms with E-state index in [-0.39, 0.29) is 11.3 Å². The average molecular weight is 382 g/mol. The summed E-state index contributed by atoms with van der Waals surface area (Å²) in [5.41, 5.74) is 0.378. The number of hydrogen-bond acceptors (Lipinski definition) is 2. The van der Waals surface area contributed by atoms with Crippen molar-refractivity contribution in [3.05, 3.63) is 96.2 Å². The van der Waals surface area contributed by atoms with Gasteiger partial charge in [0.05, 0.1) is 17.6 Å². The maximum atomic E-state index is 13.9. The van der Waals surface area contributed by atoms with E-state index < -0.39 is 23.4 Å². The summed E-state index contributed by atoms with van der Waals surface area (Å²) >= 11 is 0. The van der Waals surface area contributed by atoms with Crippen LogP contribution in [0.2, 0.25) is 0 Å². The van der Waals surface area contributed by atoms with Gasteiger partial charge in [-0.2, -0.15) is 5.10 Å². The molecule has 0 saturated heterocycles. The third-order valence-corrected chi connectivity index (χ3v) is 4.11. The summed E-state index contributed by atoms with van der Waals surface area (Å²) in [4.78, 5) is 12.8. The minimum atomic E-state index is -1.15. The van der Waals surface area contributed by atoms with Gasteiger partial charge in [0, 0.05) is 12.4 Å². The Balaban J connectivity index is 1.78. The zero-order chi connectivity index (χ0) is 19.7. The molecule has 0 atom stereocenters. The van der Waals surface area contributed by atoms with Gasteiger partial charge in [0.25, 0.3) is 5.91 Å². The van der Waals surface area contributed by atoms with E-state index in [1.54, 1.807) is 29.1 Å². The Kier molecular flexibility index (Phi) is 4.44. The number of carbonyl (C=O) groups excluding carboxylic acids is 1. The van der Waals surface area contributed by atoms with Crippen molar-refractivity contribution in [3.8, 4) is 11.5 Å². The summed E-state index contributed by atoms with van der Waals surface area (Å²) in [7, 11) is 0. The first-order valence-corrected chi connectivity index (χ1v) is 8.27. The summed E-state index contributed by atoms with van der Waals surface area (Å²) in [6, 6.07) is 12.6. The van der Waals surface area contributed by atoms with Crippen LogP contribution in [-0.4, -0.2) is 20.3 Å². The van der Waals surface area contributed by atoms with Crippen molar-refractivity contribution in [2.75, 3.05) is 5.32 Å².